The van der Waals surface area contributed by atoms with Gasteiger partial charge in [-0.3, -0.25) is 9.52 Å². The molecule has 0 aliphatic rings. The Morgan fingerprint density at radius 3 is 2.44 bits per heavy atom. The van der Waals surface area contributed by atoms with Gasteiger partial charge in [-0.25, -0.2) is 8.42 Å². The van der Waals surface area contributed by atoms with E-state index >= 15 is 0 Å². The highest BCUT2D eigenvalue weighted by Crippen LogP contribution is 2.18. The summed E-state index contributed by atoms with van der Waals surface area (Å²) in [5.41, 5.74) is 1.86. The van der Waals surface area contributed by atoms with E-state index in [4.69, 9.17) is 0 Å². The molecule has 0 aliphatic heterocycles. The highest BCUT2D eigenvalue weighted by molar-refractivity contribution is 7.92. The number of carbonyl (C=O) groups is 1. The number of amides is 1. The zero-order chi connectivity index (χ0) is 18.4. The van der Waals surface area contributed by atoms with E-state index in [0.717, 1.165) is 18.4 Å². The second kappa shape index (κ2) is 8.16. The predicted molar refractivity (Wildman–Crippen MR) is 100 cm³/mol. The zero-order valence-electron chi connectivity index (χ0n) is 14.7. The van der Waals surface area contributed by atoms with Gasteiger partial charge in [0, 0.05) is 17.3 Å². The fourth-order valence-electron chi connectivity index (χ4n) is 2.45. The van der Waals surface area contributed by atoms with Crippen molar-refractivity contribution in [3.63, 3.8) is 0 Å². The Morgan fingerprint density at radius 2 is 1.80 bits per heavy atom. The largest absolute Gasteiger partial charge is 0.350 e. The lowest BCUT2D eigenvalue weighted by molar-refractivity contribution is 0.0938. The van der Waals surface area contributed by atoms with Crippen molar-refractivity contribution in [1.29, 1.82) is 0 Å². The van der Waals surface area contributed by atoms with Crippen LogP contribution in [0.1, 0.15) is 42.6 Å². The summed E-state index contributed by atoms with van der Waals surface area (Å²) in [5.74, 6) is -0.270. The fourth-order valence-corrected chi connectivity index (χ4v) is 3.56. The SMILES string of the molecule is CCC[C@H](C)NC(=O)c1cccc(S(=O)(=O)Nc2ccc(C)cc2)c1. The van der Waals surface area contributed by atoms with Gasteiger partial charge < -0.3 is 5.32 Å². The molecular formula is C19H24N2O3S. The molecule has 0 aromatic heterocycles. The Hall–Kier alpha value is -2.34. The van der Waals surface area contributed by atoms with E-state index in [-0.39, 0.29) is 16.8 Å². The standard InChI is InChI=1S/C19H24N2O3S/c1-4-6-15(3)20-19(22)16-7-5-8-18(13-16)25(23,24)21-17-11-9-14(2)10-12-17/h5,7-13,15,21H,4,6H2,1-3H3,(H,20,22)/t15-/m0/s1. The molecule has 0 bridgehead atoms. The average molecular weight is 360 g/mol. The number of nitrogens with one attached hydrogen (secondary N) is 2. The van der Waals surface area contributed by atoms with E-state index in [1.165, 1.54) is 12.1 Å². The van der Waals surface area contributed by atoms with Crippen molar-refractivity contribution >= 4 is 21.6 Å². The molecule has 2 N–H and O–H groups in total. The number of aryl methyl sites for hydroxylation is 1. The summed E-state index contributed by atoms with van der Waals surface area (Å²) < 4.78 is 27.6. The molecule has 0 spiro atoms. The highest BCUT2D eigenvalue weighted by Gasteiger charge is 2.17. The summed E-state index contributed by atoms with van der Waals surface area (Å²) in [6.45, 7) is 5.91. The highest BCUT2D eigenvalue weighted by atomic mass is 32.2. The Labute approximate surface area is 149 Å². The Bertz CT molecular complexity index is 830. The number of sulfonamides is 1. The van der Waals surface area contributed by atoms with Gasteiger partial charge in [-0.15, -0.1) is 0 Å². The number of carbonyl (C=O) groups excluding carboxylic acids is 1. The summed E-state index contributed by atoms with van der Waals surface area (Å²) in [5, 5.41) is 2.88. The Kier molecular flexibility index (Phi) is 6.20. The molecule has 5 nitrogen and oxygen atoms in total. The molecule has 1 amide bonds. The number of hydrogen-bond acceptors (Lipinski definition) is 3. The number of benzene rings is 2. The maximum absolute atomic E-state index is 12.5. The minimum absolute atomic E-state index is 0.0449. The van der Waals surface area contributed by atoms with Crippen LogP contribution >= 0.6 is 0 Å². The molecular weight excluding hydrogens is 336 g/mol. The monoisotopic (exact) mass is 360 g/mol. The van der Waals surface area contributed by atoms with Crippen molar-refractivity contribution < 1.29 is 13.2 Å². The summed E-state index contributed by atoms with van der Waals surface area (Å²) in [7, 11) is -3.75. The zero-order valence-corrected chi connectivity index (χ0v) is 15.6. The van der Waals surface area contributed by atoms with Gasteiger partial charge in [0.1, 0.15) is 0 Å². The third-order valence-corrected chi connectivity index (χ3v) is 5.19. The normalized spacial score (nSPS) is 12.4. The quantitative estimate of drug-likeness (QED) is 0.790. The van der Waals surface area contributed by atoms with Crippen molar-refractivity contribution in [3.05, 3.63) is 59.7 Å². The van der Waals surface area contributed by atoms with E-state index in [9.17, 15) is 13.2 Å². The van der Waals surface area contributed by atoms with Crippen LogP contribution in [0.2, 0.25) is 0 Å². The third kappa shape index (κ3) is 5.32. The first-order valence-corrected chi connectivity index (χ1v) is 9.80. The van der Waals surface area contributed by atoms with Crippen LogP contribution in [0, 0.1) is 6.92 Å². The van der Waals surface area contributed by atoms with E-state index in [2.05, 4.69) is 10.0 Å². The molecule has 0 unspecified atom stereocenters. The first-order valence-electron chi connectivity index (χ1n) is 8.32. The minimum atomic E-state index is -3.75. The molecule has 0 heterocycles. The maximum Gasteiger partial charge on any atom is 0.261 e. The molecule has 2 aromatic carbocycles. The van der Waals surface area contributed by atoms with Crippen molar-refractivity contribution in [2.24, 2.45) is 0 Å². The number of anilines is 1. The first-order chi connectivity index (χ1) is 11.8. The summed E-state index contributed by atoms with van der Waals surface area (Å²) in [4.78, 5) is 12.3. The van der Waals surface area contributed by atoms with Gasteiger partial charge in [0.25, 0.3) is 15.9 Å². The minimum Gasteiger partial charge on any atom is -0.350 e. The molecule has 6 heteroatoms. The molecule has 0 radical (unpaired) electrons. The van der Waals surface area contributed by atoms with Crippen LogP contribution in [0.4, 0.5) is 5.69 Å². The van der Waals surface area contributed by atoms with Gasteiger partial charge in [0.15, 0.2) is 0 Å². The lowest BCUT2D eigenvalue weighted by Crippen LogP contribution is -2.32. The lowest BCUT2D eigenvalue weighted by Gasteiger charge is -2.13. The number of hydrogen-bond donors (Lipinski definition) is 2. The van der Waals surface area contributed by atoms with Crippen molar-refractivity contribution in [2.45, 2.75) is 44.6 Å². The maximum atomic E-state index is 12.5. The van der Waals surface area contributed by atoms with Crippen LogP contribution in [0.25, 0.3) is 0 Å². The van der Waals surface area contributed by atoms with Crippen LogP contribution in [-0.4, -0.2) is 20.4 Å². The fraction of sp³-hybridized carbons (Fsp3) is 0.316. The van der Waals surface area contributed by atoms with E-state index < -0.39 is 10.0 Å². The van der Waals surface area contributed by atoms with Gasteiger partial charge in [0.2, 0.25) is 0 Å². The van der Waals surface area contributed by atoms with Crippen LogP contribution in [0.5, 0.6) is 0 Å². The predicted octanol–water partition coefficient (Wildman–Crippen LogP) is 3.71. The van der Waals surface area contributed by atoms with E-state index in [1.807, 2.05) is 32.9 Å². The molecule has 134 valence electrons. The number of rotatable bonds is 7. The molecule has 0 aliphatic carbocycles. The smallest absolute Gasteiger partial charge is 0.261 e. The van der Waals surface area contributed by atoms with Crippen LogP contribution in [-0.2, 0) is 10.0 Å². The Balaban J connectivity index is 2.18. The van der Waals surface area contributed by atoms with Crippen molar-refractivity contribution in [3.8, 4) is 0 Å². The van der Waals surface area contributed by atoms with E-state index in [0.29, 0.717) is 11.3 Å². The molecule has 0 saturated carbocycles. The van der Waals surface area contributed by atoms with Crippen LogP contribution in [0.15, 0.2) is 53.4 Å². The molecule has 1 atom stereocenters. The van der Waals surface area contributed by atoms with E-state index in [1.54, 1.807) is 24.3 Å². The second-order valence-corrected chi connectivity index (χ2v) is 7.84. The van der Waals surface area contributed by atoms with Gasteiger partial charge in [-0.2, -0.15) is 0 Å². The molecule has 0 fully saturated rings. The van der Waals surface area contributed by atoms with Crippen LogP contribution < -0.4 is 10.0 Å². The molecule has 25 heavy (non-hydrogen) atoms. The van der Waals surface area contributed by atoms with Crippen molar-refractivity contribution in [2.75, 3.05) is 4.72 Å². The summed E-state index contributed by atoms with van der Waals surface area (Å²) >= 11 is 0. The third-order valence-electron chi connectivity index (χ3n) is 3.81. The molecule has 0 saturated heterocycles. The second-order valence-electron chi connectivity index (χ2n) is 6.16. The van der Waals surface area contributed by atoms with Crippen molar-refractivity contribution in [1.82, 2.24) is 5.32 Å². The van der Waals surface area contributed by atoms with Gasteiger partial charge >= 0.3 is 0 Å². The summed E-state index contributed by atoms with van der Waals surface area (Å²) in [6, 6.07) is 13.2. The van der Waals surface area contributed by atoms with Gasteiger partial charge in [-0.05, 0) is 50.6 Å². The average Bonchev–Trinajstić information content (AvgIpc) is 2.57. The first kappa shape index (κ1) is 19.0. The van der Waals surface area contributed by atoms with Gasteiger partial charge in [0.05, 0.1) is 4.90 Å². The molecule has 2 rings (SSSR count). The summed E-state index contributed by atoms with van der Waals surface area (Å²) in [6.07, 6.45) is 1.84. The van der Waals surface area contributed by atoms with Gasteiger partial charge in [-0.1, -0.05) is 37.1 Å². The molecule has 2 aromatic rings. The van der Waals surface area contributed by atoms with Crippen LogP contribution in [0.3, 0.4) is 0 Å². The Morgan fingerprint density at radius 1 is 1.12 bits per heavy atom. The topological polar surface area (TPSA) is 75.3 Å². The lowest BCUT2D eigenvalue weighted by atomic mass is 10.1.